The second-order valence-corrected chi connectivity index (χ2v) is 3.29. The van der Waals surface area contributed by atoms with Crippen LogP contribution in [0.15, 0.2) is 12.4 Å². The Morgan fingerprint density at radius 1 is 1.60 bits per heavy atom. The monoisotopic (exact) mass is 204 g/mol. The molecule has 0 aromatic carbocycles. The number of nitriles is 1. The first kappa shape index (κ1) is 9.46. The lowest BCUT2D eigenvalue weighted by Gasteiger charge is -2.07. The first-order valence-electron chi connectivity index (χ1n) is 4.50. The van der Waals surface area contributed by atoms with Crippen LogP contribution in [-0.2, 0) is 0 Å². The molecule has 76 valence electrons. The predicted octanol–water partition coefficient (Wildman–Crippen LogP) is 1.19. The first-order chi connectivity index (χ1) is 7.22. The van der Waals surface area contributed by atoms with Gasteiger partial charge in [-0.15, -0.1) is 0 Å². The van der Waals surface area contributed by atoms with E-state index in [2.05, 4.69) is 4.98 Å². The van der Waals surface area contributed by atoms with Crippen LogP contribution in [0.2, 0.25) is 0 Å². The number of ether oxygens (including phenoxy) is 1. The predicted molar refractivity (Wildman–Crippen MR) is 49.6 cm³/mol. The zero-order valence-corrected chi connectivity index (χ0v) is 7.80. The molecule has 1 fully saturated rings. The number of hydrogen-bond donors (Lipinski definition) is 1. The minimum atomic E-state index is -1.16. The molecule has 1 aromatic rings. The third-order valence-electron chi connectivity index (χ3n) is 2.06. The summed E-state index contributed by atoms with van der Waals surface area (Å²) in [6.45, 7) is 0. The van der Waals surface area contributed by atoms with Gasteiger partial charge in [-0.2, -0.15) is 5.26 Å². The number of aromatic carboxylic acids is 1. The quantitative estimate of drug-likeness (QED) is 0.799. The Kier molecular flexibility index (Phi) is 2.26. The summed E-state index contributed by atoms with van der Waals surface area (Å²) in [5, 5.41) is 17.7. The van der Waals surface area contributed by atoms with Crippen molar-refractivity contribution in [1.29, 1.82) is 5.26 Å². The van der Waals surface area contributed by atoms with Crippen molar-refractivity contribution in [3.8, 4) is 11.8 Å². The van der Waals surface area contributed by atoms with Gasteiger partial charge in [0.2, 0.25) is 0 Å². The van der Waals surface area contributed by atoms with Gasteiger partial charge >= 0.3 is 5.97 Å². The highest BCUT2D eigenvalue weighted by molar-refractivity contribution is 5.93. The summed E-state index contributed by atoms with van der Waals surface area (Å²) in [5.74, 6) is -0.978. The Hall–Kier alpha value is -2.09. The molecule has 2 rings (SSSR count). The molecule has 0 aliphatic heterocycles. The Bertz CT molecular complexity index is 446. The largest absolute Gasteiger partial charge is 0.488 e. The molecular formula is C10H8N2O3. The van der Waals surface area contributed by atoms with Gasteiger partial charge in [0.15, 0.2) is 5.75 Å². The summed E-state index contributed by atoms with van der Waals surface area (Å²) in [7, 11) is 0. The lowest BCUT2D eigenvalue weighted by atomic mass is 10.1. The minimum absolute atomic E-state index is 0.0284. The van der Waals surface area contributed by atoms with Gasteiger partial charge in [-0.1, -0.05) is 0 Å². The van der Waals surface area contributed by atoms with Gasteiger partial charge in [0.05, 0.1) is 17.9 Å². The van der Waals surface area contributed by atoms with Crippen LogP contribution in [-0.4, -0.2) is 22.2 Å². The Morgan fingerprint density at radius 3 is 2.87 bits per heavy atom. The average molecular weight is 204 g/mol. The normalized spacial score (nSPS) is 14.3. The third-order valence-corrected chi connectivity index (χ3v) is 2.06. The van der Waals surface area contributed by atoms with E-state index >= 15 is 0 Å². The van der Waals surface area contributed by atoms with Crippen molar-refractivity contribution in [1.82, 2.24) is 4.98 Å². The molecule has 1 aromatic heterocycles. The van der Waals surface area contributed by atoms with Crippen LogP contribution in [0.4, 0.5) is 0 Å². The van der Waals surface area contributed by atoms with E-state index in [-0.39, 0.29) is 23.0 Å². The zero-order valence-electron chi connectivity index (χ0n) is 7.80. The highest BCUT2D eigenvalue weighted by Crippen LogP contribution is 2.29. The molecule has 5 heteroatoms. The van der Waals surface area contributed by atoms with Crippen LogP contribution in [0.1, 0.15) is 28.8 Å². The summed E-state index contributed by atoms with van der Waals surface area (Å²) in [6.07, 6.45) is 4.50. The molecule has 0 radical (unpaired) electrons. The van der Waals surface area contributed by atoms with Crippen molar-refractivity contribution in [3.05, 3.63) is 23.5 Å². The highest BCUT2D eigenvalue weighted by Gasteiger charge is 2.27. The molecule has 0 amide bonds. The van der Waals surface area contributed by atoms with Crippen molar-refractivity contribution in [3.63, 3.8) is 0 Å². The molecule has 1 N–H and O–H groups in total. The number of rotatable bonds is 3. The topological polar surface area (TPSA) is 83.2 Å². The molecule has 0 atom stereocenters. The van der Waals surface area contributed by atoms with Gasteiger partial charge in [0.1, 0.15) is 11.6 Å². The van der Waals surface area contributed by atoms with Crippen LogP contribution < -0.4 is 4.74 Å². The maximum Gasteiger partial charge on any atom is 0.340 e. The van der Waals surface area contributed by atoms with E-state index in [0.717, 1.165) is 12.8 Å². The molecule has 1 aliphatic rings. The van der Waals surface area contributed by atoms with E-state index in [4.69, 9.17) is 15.1 Å². The smallest absolute Gasteiger partial charge is 0.340 e. The molecule has 0 bridgehead atoms. The van der Waals surface area contributed by atoms with Crippen molar-refractivity contribution in [2.75, 3.05) is 0 Å². The summed E-state index contributed by atoms with van der Waals surface area (Å²) in [5.41, 5.74) is -0.0694. The van der Waals surface area contributed by atoms with Crippen molar-refractivity contribution >= 4 is 5.97 Å². The molecular weight excluding hydrogens is 196 g/mol. The van der Waals surface area contributed by atoms with Crippen molar-refractivity contribution in [2.24, 2.45) is 0 Å². The lowest BCUT2D eigenvalue weighted by molar-refractivity contribution is 0.0691. The van der Waals surface area contributed by atoms with Gasteiger partial charge < -0.3 is 9.84 Å². The third kappa shape index (κ3) is 1.89. The van der Waals surface area contributed by atoms with Crippen LogP contribution in [0.3, 0.4) is 0 Å². The Labute approximate surface area is 85.9 Å². The number of hydrogen-bond acceptors (Lipinski definition) is 4. The maximum atomic E-state index is 10.9. The Morgan fingerprint density at radius 2 is 2.33 bits per heavy atom. The first-order valence-corrected chi connectivity index (χ1v) is 4.50. The fraction of sp³-hybridized carbons (Fsp3) is 0.300. The number of aromatic nitrogens is 1. The summed E-state index contributed by atoms with van der Waals surface area (Å²) >= 11 is 0. The van der Waals surface area contributed by atoms with Crippen LogP contribution in [0.25, 0.3) is 0 Å². The minimum Gasteiger partial charge on any atom is -0.488 e. The molecule has 0 spiro atoms. The van der Waals surface area contributed by atoms with Crippen LogP contribution >= 0.6 is 0 Å². The van der Waals surface area contributed by atoms with E-state index < -0.39 is 5.97 Å². The molecule has 1 heterocycles. The molecule has 1 saturated carbocycles. The SMILES string of the molecule is N#Cc1cncc(OC2CC2)c1C(=O)O. The Balaban J connectivity index is 2.42. The number of carboxylic acid groups (broad SMARTS) is 1. The lowest BCUT2D eigenvalue weighted by Crippen LogP contribution is -2.07. The number of carbonyl (C=O) groups is 1. The molecule has 5 nitrogen and oxygen atoms in total. The standard InChI is InChI=1S/C10H8N2O3/c11-3-6-4-12-5-8(9(6)10(13)14)15-7-1-2-7/h4-5,7H,1-2H2,(H,13,14). The van der Waals surface area contributed by atoms with Gasteiger partial charge in [-0.25, -0.2) is 4.79 Å². The molecule has 15 heavy (non-hydrogen) atoms. The fourth-order valence-corrected chi connectivity index (χ4v) is 1.20. The van der Waals surface area contributed by atoms with Crippen molar-refractivity contribution in [2.45, 2.75) is 18.9 Å². The highest BCUT2D eigenvalue weighted by atomic mass is 16.5. The number of carboxylic acids is 1. The van der Waals surface area contributed by atoms with E-state index in [1.54, 1.807) is 6.07 Å². The van der Waals surface area contributed by atoms with Gasteiger partial charge in [0.25, 0.3) is 0 Å². The summed E-state index contributed by atoms with van der Waals surface area (Å²) in [4.78, 5) is 14.7. The number of nitrogens with zero attached hydrogens (tertiary/aromatic N) is 2. The second-order valence-electron chi connectivity index (χ2n) is 3.29. The van der Waals surface area contributed by atoms with Gasteiger partial charge in [0, 0.05) is 6.20 Å². The second kappa shape index (κ2) is 3.58. The number of pyridine rings is 1. The van der Waals surface area contributed by atoms with E-state index in [1.165, 1.54) is 12.4 Å². The van der Waals surface area contributed by atoms with E-state index in [9.17, 15) is 4.79 Å². The van der Waals surface area contributed by atoms with Crippen molar-refractivity contribution < 1.29 is 14.6 Å². The van der Waals surface area contributed by atoms with Crippen LogP contribution in [0.5, 0.6) is 5.75 Å². The van der Waals surface area contributed by atoms with E-state index in [1.807, 2.05) is 0 Å². The maximum absolute atomic E-state index is 10.9. The van der Waals surface area contributed by atoms with E-state index in [0.29, 0.717) is 0 Å². The summed E-state index contributed by atoms with van der Waals surface area (Å²) < 4.78 is 5.37. The molecule has 0 saturated heterocycles. The summed E-state index contributed by atoms with van der Waals surface area (Å²) in [6, 6.07) is 1.79. The molecule has 1 aliphatic carbocycles. The molecule has 0 unspecified atom stereocenters. The zero-order chi connectivity index (χ0) is 10.8. The van der Waals surface area contributed by atoms with Crippen LogP contribution in [0, 0.1) is 11.3 Å². The fourth-order valence-electron chi connectivity index (χ4n) is 1.20. The van der Waals surface area contributed by atoms with Gasteiger partial charge in [-0.3, -0.25) is 4.98 Å². The van der Waals surface area contributed by atoms with Gasteiger partial charge in [-0.05, 0) is 12.8 Å². The average Bonchev–Trinajstić information content (AvgIpc) is 3.01.